The molecule has 1 aliphatic heterocycles. The van der Waals surface area contributed by atoms with Gasteiger partial charge in [-0.2, -0.15) is 0 Å². The smallest absolute Gasteiger partial charge is 0.255 e. The van der Waals surface area contributed by atoms with Crippen molar-refractivity contribution in [2.45, 2.75) is 110 Å². The maximum atomic E-state index is 13.9. The van der Waals surface area contributed by atoms with E-state index in [9.17, 15) is 29.1 Å². The molecular weight excluding hydrogens is 767 g/mol. The molecule has 59 heavy (non-hydrogen) atoms. The predicted molar refractivity (Wildman–Crippen MR) is 232 cm³/mol. The van der Waals surface area contributed by atoms with E-state index >= 15 is 0 Å². The van der Waals surface area contributed by atoms with Gasteiger partial charge in [0, 0.05) is 43.6 Å². The Hall–Kier alpha value is -5.60. The zero-order valence-corrected chi connectivity index (χ0v) is 35.2. The molecule has 3 atom stereocenters. The maximum absolute atomic E-state index is 13.9. The number of unbranched alkanes of at least 4 members (excludes halogenated alkanes) is 5. The van der Waals surface area contributed by atoms with Crippen LogP contribution in [0.5, 0.6) is 0 Å². The number of rotatable bonds is 18. The lowest BCUT2D eigenvalue weighted by Gasteiger charge is -2.35. The van der Waals surface area contributed by atoms with Crippen LogP contribution < -0.4 is 27.0 Å². The molecule has 5 amide bonds. The Balaban J connectivity index is 0.981. The number of nitrogens with one attached hydrogen (secondary N) is 4. The molecule has 1 saturated heterocycles. The number of aryl methyl sites for hydroxylation is 1. The first-order valence-corrected chi connectivity index (χ1v) is 21.2. The molecule has 0 saturated carbocycles. The molecule has 1 aliphatic rings. The predicted octanol–water partition coefficient (Wildman–Crippen LogP) is 6.82. The van der Waals surface area contributed by atoms with Gasteiger partial charge in [-0.1, -0.05) is 82.9 Å². The number of nitrogen functional groups attached to an aromatic ring is 1. The van der Waals surface area contributed by atoms with Crippen LogP contribution in [0.2, 0.25) is 0 Å². The molecule has 2 heterocycles. The average molecular weight is 824 g/mol. The summed E-state index contributed by atoms with van der Waals surface area (Å²) in [6.07, 6.45) is 4.83. The highest BCUT2D eigenvalue weighted by Crippen LogP contribution is 2.29. The summed E-state index contributed by atoms with van der Waals surface area (Å²) < 4.78 is 0. The fourth-order valence-electron chi connectivity index (χ4n) is 7.03. The monoisotopic (exact) mass is 823 g/mol. The number of aromatic nitrogens is 1. The SMILES string of the molecule is Cc1ncsc1-c1ccc(CNC(=O)[C@@H]2C[C@@H](O)CN2C(=O)[C@@H](NC(=O)CCCCCCCCC(=O)Nc2ccc(C(=O)Nc3ccccc3N)cc2)C(C)(C)C)cc1. The zero-order valence-electron chi connectivity index (χ0n) is 34.4. The summed E-state index contributed by atoms with van der Waals surface area (Å²) >= 11 is 1.58. The van der Waals surface area contributed by atoms with Crippen LogP contribution >= 0.6 is 11.3 Å². The molecule has 1 fully saturated rings. The third kappa shape index (κ3) is 12.9. The lowest BCUT2D eigenvalue weighted by molar-refractivity contribution is -0.144. The normalized spacial score (nSPS) is 15.6. The van der Waals surface area contributed by atoms with E-state index in [2.05, 4.69) is 26.3 Å². The first-order chi connectivity index (χ1) is 28.2. The fourth-order valence-corrected chi connectivity index (χ4v) is 7.84. The van der Waals surface area contributed by atoms with Gasteiger partial charge in [0.25, 0.3) is 5.91 Å². The van der Waals surface area contributed by atoms with E-state index in [4.69, 9.17) is 5.73 Å². The number of aliphatic hydroxyl groups excluding tert-OH is 1. The second kappa shape index (κ2) is 20.9. The second-order valence-corrected chi connectivity index (χ2v) is 17.1. The number of nitrogens with zero attached hydrogens (tertiary/aromatic N) is 2. The van der Waals surface area contributed by atoms with Gasteiger partial charge in [-0.05, 0) is 72.7 Å². The number of aliphatic hydroxyl groups is 1. The van der Waals surface area contributed by atoms with Gasteiger partial charge in [0.15, 0.2) is 0 Å². The van der Waals surface area contributed by atoms with Gasteiger partial charge in [0.2, 0.25) is 23.6 Å². The van der Waals surface area contributed by atoms with E-state index in [-0.39, 0.29) is 55.5 Å². The van der Waals surface area contributed by atoms with Crippen LogP contribution in [0.15, 0.2) is 78.3 Å². The number of likely N-dealkylation sites (tertiary alicyclic amines) is 1. The van der Waals surface area contributed by atoms with Crippen LogP contribution in [-0.2, 0) is 25.7 Å². The highest BCUT2D eigenvalue weighted by molar-refractivity contribution is 7.13. The number of carbonyl (C=O) groups excluding carboxylic acids is 5. The van der Waals surface area contributed by atoms with Crippen molar-refractivity contribution in [2.24, 2.45) is 5.41 Å². The van der Waals surface area contributed by atoms with Crippen molar-refractivity contribution in [3.05, 3.63) is 95.1 Å². The molecule has 13 nitrogen and oxygen atoms in total. The lowest BCUT2D eigenvalue weighted by atomic mass is 9.85. The molecular formula is C45H57N7O6S. The maximum Gasteiger partial charge on any atom is 0.255 e. The molecule has 1 aromatic heterocycles. The Labute approximate surface area is 350 Å². The Morgan fingerprint density at radius 3 is 2.14 bits per heavy atom. The van der Waals surface area contributed by atoms with Crippen molar-refractivity contribution in [3.63, 3.8) is 0 Å². The summed E-state index contributed by atoms with van der Waals surface area (Å²) in [7, 11) is 0. The number of amides is 5. The van der Waals surface area contributed by atoms with Crippen molar-refractivity contribution >= 4 is 57.9 Å². The van der Waals surface area contributed by atoms with E-state index in [0.29, 0.717) is 35.5 Å². The lowest BCUT2D eigenvalue weighted by Crippen LogP contribution is -2.57. The summed E-state index contributed by atoms with van der Waals surface area (Å²) in [5.74, 6) is -1.36. The van der Waals surface area contributed by atoms with Gasteiger partial charge in [-0.15, -0.1) is 11.3 Å². The number of para-hydroxylation sites is 2. The van der Waals surface area contributed by atoms with Crippen molar-refractivity contribution in [3.8, 4) is 10.4 Å². The van der Waals surface area contributed by atoms with E-state index in [0.717, 1.165) is 53.8 Å². The van der Waals surface area contributed by atoms with Crippen molar-refractivity contribution in [1.29, 1.82) is 0 Å². The fraction of sp³-hybridized carbons (Fsp3) is 0.422. The van der Waals surface area contributed by atoms with Crippen LogP contribution in [0.4, 0.5) is 17.1 Å². The minimum absolute atomic E-state index is 0.0171. The Morgan fingerprint density at radius 2 is 1.51 bits per heavy atom. The molecule has 0 aliphatic carbocycles. The average Bonchev–Trinajstić information content (AvgIpc) is 3.82. The summed E-state index contributed by atoms with van der Waals surface area (Å²) in [5, 5.41) is 22.1. The zero-order chi connectivity index (χ0) is 42.5. The molecule has 3 aromatic carbocycles. The van der Waals surface area contributed by atoms with E-state index in [1.807, 2.05) is 57.5 Å². The van der Waals surface area contributed by atoms with Crippen molar-refractivity contribution < 1.29 is 29.1 Å². The third-order valence-corrected chi connectivity index (χ3v) is 11.4. The van der Waals surface area contributed by atoms with Gasteiger partial charge >= 0.3 is 0 Å². The molecule has 0 radical (unpaired) electrons. The number of carbonyl (C=O) groups is 5. The van der Waals surface area contributed by atoms with Crippen LogP contribution in [0.1, 0.15) is 100 Å². The molecule has 314 valence electrons. The largest absolute Gasteiger partial charge is 0.397 e. The highest BCUT2D eigenvalue weighted by Gasteiger charge is 2.44. The topological polar surface area (TPSA) is 196 Å². The number of β-amino-alcohol motifs (C(OH)–C–C–N with tert-alkyl or cyclic N) is 1. The number of hydrogen-bond donors (Lipinski definition) is 6. The number of hydrogen-bond acceptors (Lipinski definition) is 9. The molecule has 7 N–H and O–H groups in total. The molecule has 0 spiro atoms. The number of anilines is 3. The third-order valence-electron chi connectivity index (χ3n) is 10.4. The van der Waals surface area contributed by atoms with Crippen LogP contribution in [0.25, 0.3) is 10.4 Å². The number of benzene rings is 3. The summed E-state index contributed by atoms with van der Waals surface area (Å²) in [4.78, 5) is 72.3. The van der Waals surface area contributed by atoms with Crippen LogP contribution in [0, 0.1) is 12.3 Å². The minimum atomic E-state index is -0.874. The first kappa shape index (κ1) is 44.5. The quantitative estimate of drug-likeness (QED) is 0.0464. The highest BCUT2D eigenvalue weighted by atomic mass is 32.1. The van der Waals surface area contributed by atoms with Gasteiger partial charge in [0.1, 0.15) is 12.1 Å². The van der Waals surface area contributed by atoms with E-state index in [1.54, 1.807) is 59.9 Å². The first-order valence-electron chi connectivity index (χ1n) is 20.3. The van der Waals surface area contributed by atoms with E-state index in [1.165, 1.54) is 4.90 Å². The van der Waals surface area contributed by atoms with E-state index < -0.39 is 23.6 Å². The van der Waals surface area contributed by atoms with Crippen molar-refractivity contribution in [1.82, 2.24) is 20.5 Å². The molecule has 0 unspecified atom stereocenters. The van der Waals surface area contributed by atoms with Crippen LogP contribution in [0.3, 0.4) is 0 Å². The summed E-state index contributed by atoms with van der Waals surface area (Å²) in [6, 6.07) is 19.9. The molecule has 14 heteroatoms. The Bertz CT molecular complexity index is 2060. The van der Waals surface area contributed by atoms with Crippen molar-refractivity contribution in [2.75, 3.05) is 22.9 Å². The standard InChI is InChI=1S/C45H57N7O6S/c1-29-40(59-28-48-29)31-19-17-30(18-20-31)26-47-43(57)37-25-34(53)27-52(37)44(58)41(45(2,3)4)51-39(55)16-10-8-6-5-7-9-15-38(54)49-33-23-21-32(22-24-33)42(56)50-36-14-12-11-13-35(36)46/h11-14,17-24,28,34,37,41,53H,5-10,15-16,25-27,46H2,1-4H3,(H,47,57)(H,49,54)(H,50,56)(H,51,55)/t34-,37+,41-/m1/s1. The number of thiazole rings is 1. The summed E-state index contributed by atoms with van der Waals surface area (Å²) in [6.45, 7) is 7.87. The minimum Gasteiger partial charge on any atom is -0.397 e. The molecule has 4 aromatic rings. The number of nitrogens with two attached hydrogens (primary N) is 1. The van der Waals surface area contributed by atoms with Gasteiger partial charge in [-0.25, -0.2) is 4.98 Å². The van der Waals surface area contributed by atoms with Gasteiger partial charge in [-0.3, -0.25) is 24.0 Å². The summed E-state index contributed by atoms with van der Waals surface area (Å²) in [5.41, 5.74) is 12.1. The van der Waals surface area contributed by atoms with Crippen LogP contribution in [-0.4, -0.2) is 69.3 Å². The molecule has 5 rings (SSSR count). The van der Waals surface area contributed by atoms with Gasteiger partial charge in [0.05, 0.1) is 33.6 Å². The molecule has 0 bridgehead atoms. The van der Waals surface area contributed by atoms with Gasteiger partial charge < -0.3 is 37.0 Å². The Morgan fingerprint density at radius 1 is 0.864 bits per heavy atom. The second-order valence-electron chi connectivity index (χ2n) is 16.2. The Kier molecular flexibility index (Phi) is 15.8.